The summed E-state index contributed by atoms with van der Waals surface area (Å²) in [4.78, 5) is 7.98. The third kappa shape index (κ3) is 2.84. The van der Waals surface area contributed by atoms with Crippen molar-refractivity contribution in [3.8, 4) is 6.07 Å². The number of nitrogens with zero attached hydrogens (tertiary/aromatic N) is 3. The first kappa shape index (κ1) is 12.8. The van der Waals surface area contributed by atoms with Gasteiger partial charge in [0.2, 0.25) is 0 Å². The third-order valence-corrected chi connectivity index (χ3v) is 3.75. The van der Waals surface area contributed by atoms with Gasteiger partial charge in [-0.1, -0.05) is 18.2 Å². The van der Waals surface area contributed by atoms with Crippen molar-refractivity contribution in [1.29, 1.82) is 5.26 Å². The zero-order valence-electron chi connectivity index (χ0n) is 11.4. The summed E-state index contributed by atoms with van der Waals surface area (Å²) < 4.78 is 0. The van der Waals surface area contributed by atoms with Gasteiger partial charge in [-0.3, -0.25) is 4.90 Å². The van der Waals surface area contributed by atoms with Gasteiger partial charge in [-0.05, 0) is 24.3 Å². The minimum atomic E-state index is 0.642. The number of aromatic amines is 1. The van der Waals surface area contributed by atoms with Gasteiger partial charge < -0.3 is 9.88 Å². The summed E-state index contributed by atoms with van der Waals surface area (Å²) in [7, 11) is 0. The predicted octanol–water partition coefficient (Wildman–Crippen LogP) is 2.21. The molecule has 0 unspecified atom stereocenters. The van der Waals surface area contributed by atoms with E-state index in [9.17, 15) is 0 Å². The van der Waals surface area contributed by atoms with E-state index in [2.05, 4.69) is 51.2 Å². The van der Waals surface area contributed by atoms with E-state index in [1.165, 1.54) is 5.69 Å². The van der Waals surface area contributed by atoms with Crippen LogP contribution >= 0.6 is 0 Å². The number of anilines is 1. The van der Waals surface area contributed by atoms with E-state index < -0.39 is 0 Å². The van der Waals surface area contributed by atoms with E-state index in [4.69, 9.17) is 5.26 Å². The molecule has 4 nitrogen and oxygen atoms in total. The highest BCUT2D eigenvalue weighted by Gasteiger charge is 2.17. The van der Waals surface area contributed by atoms with Crippen molar-refractivity contribution in [2.24, 2.45) is 0 Å². The van der Waals surface area contributed by atoms with Gasteiger partial charge in [-0.15, -0.1) is 0 Å². The van der Waals surface area contributed by atoms with Crippen LogP contribution in [0.4, 0.5) is 5.69 Å². The van der Waals surface area contributed by atoms with Gasteiger partial charge in [0.25, 0.3) is 0 Å². The molecule has 1 fully saturated rings. The quantitative estimate of drug-likeness (QED) is 0.926. The Hall–Kier alpha value is -2.25. The lowest BCUT2D eigenvalue weighted by Crippen LogP contribution is -2.46. The smallest absolute Gasteiger partial charge is 0.117 e. The van der Waals surface area contributed by atoms with Crippen LogP contribution in [0.1, 0.15) is 11.4 Å². The number of nitriles is 1. The van der Waals surface area contributed by atoms with Gasteiger partial charge in [0.1, 0.15) is 11.8 Å². The molecule has 0 radical (unpaired) electrons. The first-order chi connectivity index (χ1) is 9.85. The lowest BCUT2D eigenvalue weighted by atomic mass is 10.2. The minimum Gasteiger partial charge on any atom is -0.369 e. The zero-order valence-corrected chi connectivity index (χ0v) is 11.4. The molecule has 2 aromatic rings. The predicted molar refractivity (Wildman–Crippen MR) is 79.4 cm³/mol. The number of H-pyrrole nitrogens is 1. The van der Waals surface area contributed by atoms with Crippen LogP contribution in [0.5, 0.6) is 0 Å². The molecule has 1 aromatic heterocycles. The molecule has 1 saturated heterocycles. The van der Waals surface area contributed by atoms with E-state index in [0.717, 1.165) is 38.4 Å². The Kier molecular flexibility index (Phi) is 3.71. The van der Waals surface area contributed by atoms with Gasteiger partial charge >= 0.3 is 0 Å². The summed E-state index contributed by atoms with van der Waals surface area (Å²) >= 11 is 0. The summed E-state index contributed by atoms with van der Waals surface area (Å²) in [6.07, 6.45) is 0. The second-order valence-corrected chi connectivity index (χ2v) is 5.11. The average molecular weight is 266 g/mol. The molecule has 102 valence electrons. The van der Waals surface area contributed by atoms with Gasteiger partial charge in [-0.25, -0.2) is 0 Å². The summed E-state index contributed by atoms with van der Waals surface area (Å²) in [5.41, 5.74) is 3.07. The summed E-state index contributed by atoms with van der Waals surface area (Å²) in [5.74, 6) is 0. The summed E-state index contributed by atoms with van der Waals surface area (Å²) in [5, 5.41) is 8.82. The highest BCUT2D eigenvalue weighted by molar-refractivity contribution is 5.46. The number of aromatic nitrogens is 1. The van der Waals surface area contributed by atoms with Crippen LogP contribution in [0.2, 0.25) is 0 Å². The second kappa shape index (κ2) is 5.81. The number of para-hydroxylation sites is 1. The Morgan fingerprint density at radius 2 is 1.75 bits per heavy atom. The van der Waals surface area contributed by atoms with Crippen molar-refractivity contribution >= 4 is 5.69 Å². The van der Waals surface area contributed by atoms with Crippen LogP contribution < -0.4 is 4.90 Å². The van der Waals surface area contributed by atoms with Crippen LogP contribution in [0.3, 0.4) is 0 Å². The van der Waals surface area contributed by atoms with Crippen molar-refractivity contribution in [3.63, 3.8) is 0 Å². The van der Waals surface area contributed by atoms with E-state index in [1.807, 2.05) is 12.1 Å². The number of benzene rings is 1. The molecule has 1 aliphatic rings. The van der Waals surface area contributed by atoms with Crippen LogP contribution in [0.25, 0.3) is 0 Å². The molecule has 2 heterocycles. The van der Waals surface area contributed by atoms with Crippen molar-refractivity contribution in [2.75, 3.05) is 31.1 Å². The molecule has 0 aliphatic carbocycles. The topological polar surface area (TPSA) is 46.1 Å². The van der Waals surface area contributed by atoms with Crippen molar-refractivity contribution < 1.29 is 0 Å². The molecule has 1 aliphatic heterocycles. The van der Waals surface area contributed by atoms with Crippen LogP contribution in [0, 0.1) is 11.3 Å². The largest absolute Gasteiger partial charge is 0.369 e. The number of piperazine rings is 1. The van der Waals surface area contributed by atoms with E-state index in [0.29, 0.717) is 5.69 Å². The maximum atomic E-state index is 8.82. The molecule has 4 heteroatoms. The Morgan fingerprint density at radius 3 is 2.40 bits per heavy atom. The van der Waals surface area contributed by atoms with Gasteiger partial charge in [0.15, 0.2) is 0 Å². The van der Waals surface area contributed by atoms with Gasteiger partial charge in [-0.2, -0.15) is 5.26 Å². The lowest BCUT2D eigenvalue weighted by Gasteiger charge is -2.35. The van der Waals surface area contributed by atoms with Crippen LogP contribution in [-0.4, -0.2) is 36.1 Å². The molecule has 1 aromatic carbocycles. The van der Waals surface area contributed by atoms with Gasteiger partial charge in [0, 0.05) is 44.1 Å². The average Bonchev–Trinajstić information content (AvgIpc) is 2.97. The highest BCUT2D eigenvalue weighted by Crippen LogP contribution is 2.16. The molecular formula is C16H18N4. The molecule has 0 bridgehead atoms. The molecule has 0 saturated carbocycles. The number of hydrogen-bond acceptors (Lipinski definition) is 3. The third-order valence-electron chi connectivity index (χ3n) is 3.75. The number of hydrogen-bond donors (Lipinski definition) is 1. The molecule has 0 amide bonds. The van der Waals surface area contributed by atoms with Crippen molar-refractivity contribution in [1.82, 2.24) is 9.88 Å². The SMILES string of the molecule is N#Cc1ccc(CN2CCN(c3ccccc3)CC2)[nH]1. The van der Waals surface area contributed by atoms with Gasteiger partial charge in [0.05, 0.1) is 0 Å². The lowest BCUT2D eigenvalue weighted by molar-refractivity contribution is 0.247. The standard InChI is InChI=1S/C16H18N4/c17-12-14-6-7-15(18-14)13-19-8-10-20(11-9-19)16-4-2-1-3-5-16/h1-7,18H,8-11,13H2. The maximum Gasteiger partial charge on any atom is 0.117 e. The summed E-state index contributed by atoms with van der Waals surface area (Å²) in [6.45, 7) is 5.10. The molecular weight excluding hydrogens is 248 g/mol. The fraction of sp³-hybridized carbons (Fsp3) is 0.312. The van der Waals surface area contributed by atoms with Crippen LogP contribution in [-0.2, 0) is 6.54 Å². The number of nitrogens with one attached hydrogen (secondary N) is 1. The fourth-order valence-electron chi connectivity index (χ4n) is 2.64. The molecule has 20 heavy (non-hydrogen) atoms. The fourth-order valence-corrected chi connectivity index (χ4v) is 2.64. The van der Waals surface area contributed by atoms with E-state index in [-0.39, 0.29) is 0 Å². The van der Waals surface area contributed by atoms with E-state index >= 15 is 0 Å². The monoisotopic (exact) mass is 266 g/mol. The Labute approximate surface area is 119 Å². The normalized spacial score (nSPS) is 16.1. The Morgan fingerprint density at radius 1 is 1.00 bits per heavy atom. The first-order valence-corrected chi connectivity index (χ1v) is 6.95. The first-order valence-electron chi connectivity index (χ1n) is 6.95. The zero-order chi connectivity index (χ0) is 13.8. The highest BCUT2D eigenvalue weighted by atomic mass is 15.3. The Bertz CT molecular complexity index is 588. The maximum absolute atomic E-state index is 8.82. The molecule has 3 rings (SSSR count). The summed E-state index contributed by atoms with van der Waals surface area (Å²) in [6, 6.07) is 16.5. The molecule has 0 spiro atoms. The van der Waals surface area contributed by atoms with E-state index in [1.54, 1.807) is 0 Å². The minimum absolute atomic E-state index is 0.642. The van der Waals surface area contributed by atoms with Crippen LogP contribution in [0.15, 0.2) is 42.5 Å². The Balaban J connectivity index is 1.55. The second-order valence-electron chi connectivity index (χ2n) is 5.11. The number of rotatable bonds is 3. The van der Waals surface area contributed by atoms with Crippen molar-refractivity contribution in [2.45, 2.75) is 6.54 Å². The molecule has 1 N–H and O–H groups in total. The van der Waals surface area contributed by atoms with Crippen molar-refractivity contribution in [3.05, 3.63) is 53.9 Å². The molecule has 0 atom stereocenters.